The number of hydrogen-bond acceptors (Lipinski definition) is 6. The number of rotatable bonds is 6. The Balaban J connectivity index is 1.65. The molecule has 0 atom stereocenters. The van der Waals surface area contributed by atoms with Crippen LogP contribution >= 0.6 is 23.4 Å². The van der Waals surface area contributed by atoms with Gasteiger partial charge in [-0.1, -0.05) is 29.4 Å². The van der Waals surface area contributed by atoms with E-state index in [2.05, 4.69) is 15.3 Å². The molecular formula is C16H15ClN4O2S. The third kappa shape index (κ3) is 3.98. The van der Waals surface area contributed by atoms with E-state index in [0.717, 1.165) is 5.16 Å². The fourth-order valence-corrected chi connectivity index (χ4v) is 2.62. The largest absolute Gasteiger partial charge is 0.486 e. The van der Waals surface area contributed by atoms with Crippen molar-refractivity contribution >= 4 is 29.6 Å². The van der Waals surface area contributed by atoms with Gasteiger partial charge in [-0.15, -0.1) is 10.2 Å². The molecule has 0 saturated heterocycles. The van der Waals surface area contributed by atoms with Crippen LogP contribution in [0.3, 0.4) is 0 Å². The highest BCUT2D eigenvalue weighted by molar-refractivity contribution is 7.98. The van der Waals surface area contributed by atoms with Crippen molar-refractivity contribution < 1.29 is 9.15 Å². The van der Waals surface area contributed by atoms with Gasteiger partial charge >= 0.3 is 0 Å². The zero-order chi connectivity index (χ0) is 16.9. The van der Waals surface area contributed by atoms with Gasteiger partial charge in [-0.25, -0.2) is 0 Å². The van der Waals surface area contributed by atoms with Gasteiger partial charge < -0.3 is 9.15 Å². The molecule has 8 heteroatoms. The van der Waals surface area contributed by atoms with Crippen molar-refractivity contribution in [1.29, 1.82) is 0 Å². The van der Waals surface area contributed by atoms with Crippen molar-refractivity contribution in [2.75, 3.05) is 6.26 Å². The van der Waals surface area contributed by atoms with Crippen LogP contribution in [0.15, 0.2) is 51.1 Å². The lowest BCUT2D eigenvalue weighted by molar-refractivity contribution is 0.270. The summed E-state index contributed by atoms with van der Waals surface area (Å²) in [6, 6.07) is 10.9. The minimum Gasteiger partial charge on any atom is -0.486 e. The normalized spacial score (nSPS) is 11.3. The lowest BCUT2D eigenvalue weighted by Gasteiger charge is -2.03. The maximum absolute atomic E-state index is 5.92. The summed E-state index contributed by atoms with van der Waals surface area (Å²) in [5.41, 5.74) is 0. The van der Waals surface area contributed by atoms with Gasteiger partial charge in [0.1, 0.15) is 23.9 Å². The third-order valence-electron chi connectivity index (χ3n) is 3.11. The Morgan fingerprint density at radius 1 is 1.33 bits per heavy atom. The topological polar surface area (TPSA) is 65.4 Å². The maximum atomic E-state index is 5.92. The fourth-order valence-electron chi connectivity index (χ4n) is 1.97. The van der Waals surface area contributed by atoms with E-state index in [1.807, 2.05) is 37.4 Å². The molecule has 0 aliphatic heterocycles. The zero-order valence-corrected chi connectivity index (χ0v) is 14.7. The Hall–Kier alpha value is -2.25. The second-order valence-electron chi connectivity index (χ2n) is 4.84. The van der Waals surface area contributed by atoms with Gasteiger partial charge in [0.15, 0.2) is 5.82 Å². The SMILES string of the molecule is CSc1nnc(C)n1/N=C/c1ccc(COc2cccc(Cl)c2)o1. The van der Waals surface area contributed by atoms with Crippen molar-refractivity contribution in [2.45, 2.75) is 18.7 Å². The summed E-state index contributed by atoms with van der Waals surface area (Å²) in [5.74, 6) is 2.73. The quantitative estimate of drug-likeness (QED) is 0.489. The molecule has 0 aliphatic rings. The average Bonchev–Trinajstić information content (AvgIpc) is 3.17. The zero-order valence-electron chi connectivity index (χ0n) is 13.1. The molecule has 0 aliphatic carbocycles. The number of hydrogen-bond donors (Lipinski definition) is 0. The van der Waals surface area contributed by atoms with Crippen molar-refractivity contribution in [1.82, 2.24) is 14.9 Å². The molecule has 6 nitrogen and oxygen atoms in total. The molecule has 0 radical (unpaired) electrons. The monoisotopic (exact) mass is 362 g/mol. The molecule has 3 aromatic rings. The number of aromatic nitrogens is 3. The number of halogens is 1. The number of nitrogens with zero attached hydrogens (tertiary/aromatic N) is 4. The Bertz CT molecular complexity index is 859. The van der Waals surface area contributed by atoms with E-state index in [0.29, 0.717) is 34.7 Å². The lowest BCUT2D eigenvalue weighted by Crippen LogP contribution is -1.95. The van der Waals surface area contributed by atoms with E-state index in [1.54, 1.807) is 23.0 Å². The summed E-state index contributed by atoms with van der Waals surface area (Å²) in [6.07, 6.45) is 3.55. The summed E-state index contributed by atoms with van der Waals surface area (Å²) in [7, 11) is 0. The first-order valence-electron chi connectivity index (χ1n) is 7.13. The molecule has 0 N–H and O–H groups in total. The van der Waals surface area contributed by atoms with Crippen LogP contribution in [0.1, 0.15) is 17.3 Å². The summed E-state index contributed by atoms with van der Waals surface area (Å²) in [5, 5.41) is 13.7. The molecule has 2 aromatic heterocycles. The molecule has 0 unspecified atom stereocenters. The number of aryl methyl sites for hydroxylation is 1. The van der Waals surface area contributed by atoms with E-state index in [4.69, 9.17) is 20.8 Å². The Morgan fingerprint density at radius 3 is 3.00 bits per heavy atom. The number of ether oxygens (including phenoxy) is 1. The van der Waals surface area contributed by atoms with E-state index in [-0.39, 0.29) is 0 Å². The van der Waals surface area contributed by atoms with E-state index in [1.165, 1.54) is 11.8 Å². The maximum Gasteiger partial charge on any atom is 0.211 e. The summed E-state index contributed by atoms with van der Waals surface area (Å²) >= 11 is 7.40. The number of furan rings is 1. The molecule has 124 valence electrons. The fraction of sp³-hybridized carbons (Fsp3) is 0.188. The molecule has 0 spiro atoms. The van der Waals surface area contributed by atoms with E-state index in [9.17, 15) is 0 Å². The van der Waals surface area contributed by atoms with Crippen molar-refractivity contribution in [3.8, 4) is 5.75 Å². The Morgan fingerprint density at radius 2 is 2.21 bits per heavy atom. The minimum absolute atomic E-state index is 0.315. The third-order valence-corrected chi connectivity index (χ3v) is 3.97. The molecule has 3 rings (SSSR count). The van der Waals surface area contributed by atoms with Crippen LogP contribution in [0.25, 0.3) is 0 Å². The van der Waals surface area contributed by atoms with Gasteiger partial charge in [0.05, 0.1) is 6.21 Å². The van der Waals surface area contributed by atoms with Crippen LogP contribution in [0.5, 0.6) is 5.75 Å². The highest BCUT2D eigenvalue weighted by Crippen LogP contribution is 2.19. The lowest BCUT2D eigenvalue weighted by atomic mass is 10.3. The second kappa shape index (κ2) is 7.55. The van der Waals surface area contributed by atoms with Crippen molar-refractivity contribution in [2.24, 2.45) is 5.10 Å². The summed E-state index contributed by atoms with van der Waals surface area (Å²) in [4.78, 5) is 0. The minimum atomic E-state index is 0.315. The first-order valence-corrected chi connectivity index (χ1v) is 8.73. The molecule has 24 heavy (non-hydrogen) atoms. The van der Waals surface area contributed by atoms with Crippen LogP contribution < -0.4 is 4.74 Å². The Kier molecular flexibility index (Phi) is 5.22. The highest BCUT2D eigenvalue weighted by atomic mass is 35.5. The van der Waals surface area contributed by atoms with Crippen molar-refractivity contribution in [3.05, 3.63) is 58.8 Å². The van der Waals surface area contributed by atoms with Crippen molar-refractivity contribution in [3.63, 3.8) is 0 Å². The standard InChI is InChI=1S/C16H15ClN4O2S/c1-11-19-20-16(24-2)21(11)18-9-14-6-7-15(23-14)10-22-13-5-3-4-12(17)8-13/h3-9H,10H2,1-2H3/b18-9+. The predicted octanol–water partition coefficient (Wildman–Crippen LogP) is 4.02. The van der Waals surface area contributed by atoms with Crippen LogP contribution in [0, 0.1) is 6.92 Å². The molecule has 0 fully saturated rings. The van der Waals surface area contributed by atoms with Crippen LogP contribution in [-0.2, 0) is 6.61 Å². The van der Waals surface area contributed by atoms with Crippen LogP contribution in [0.2, 0.25) is 5.02 Å². The van der Waals surface area contributed by atoms with Gasteiger partial charge in [0.2, 0.25) is 5.16 Å². The molecule has 1 aromatic carbocycles. The molecule has 0 bridgehead atoms. The second-order valence-corrected chi connectivity index (χ2v) is 6.05. The number of thioether (sulfide) groups is 1. The van der Waals surface area contributed by atoms with Crippen LogP contribution in [0.4, 0.5) is 0 Å². The van der Waals surface area contributed by atoms with Gasteiger partial charge in [0.25, 0.3) is 0 Å². The van der Waals surface area contributed by atoms with Gasteiger partial charge in [-0.05, 0) is 43.5 Å². The van der Waals surface area contributed by atoms with Gasteiger partial charge in [0, 0.05) is 5.02 Å². The average molecular weight is 363 g/mol. The van der Waals surface area contributed by atoms with E-state index < -0.39 is 0 Å². The molecule has 0 saturated carbocycles. The van der Waals surface area contributed by atoms with E-state index >= 15 is 0 Å². The predicted molar refractivity (Wildman–Crippen MR) is 94.0 cm³/mol. The smallest absolute Gasteiger partial charge is 0.211 e. The highest BCUT2D eigenvalue weighted by Gasteiger charge is 2.06. The van der Waals surface area contributed by atoms with Crippen LogP contribution in [-0.4, -0.2) is 27.3 Å². The first-order chi connectivity index (χ1) is 11.7. The molecular weight excluding hydrogens is 348 g/mol. The first kappa shape index (κ1) is 16.6. The molecule has 2 heterocycles. The molecule has 0 amide bonds. The summed E-state index contributed by atoms with van der Waals surface area (Å²) < 4.78 is 13.0. The van der Waals surface area contributed by atoms with Gasteiger partial charge in [-0.2, -0.15) is 9.78 Å². The number of benzene rings is 1. The van der Waals surface area contributed by atoms with Gasteiger partial charge in [-0.3, -0.25) is 0 Å². The Labute approximate surface area is 148 Å². The summed E-state index contributed by atoms with van der Waals surface area (Å²) in [6.45, 7) is 2.16.